The van der Waals surface area contributed by atoms with Crippen LogP contribution in [0.3, 0.4) is 0 Å². The molecule has 0 unspecified atom stereocenters. The van der Waals surface area contributed by atoms with Crippen LogP contribution in [0.2, 0.25) is 0 Å². The Morgan fingerprint density at radius 2 is 1.81 bits per heavy atom. The van der Waals surface area contributed by atoms with E-state index in [-0.39, 0.29) is 0 Å². The Hall–Kier alpha value is -3.22. The van der Waals surface area contributed by atoms with E-state index in [0.29, 0.717) is 29.4 Å². The number of nitrogens with one attached hydrogen (secondary N) is 2. The molecule has 144 valence electrons. The van der Waals surface area contributed by atoms with Crippen LogP contribution in [0.15, 0.2) is 47.6 Å². The SMILES string of the molecule is CCCCOc1ccc(NC(=O)NN=Cc2cc(OC)ccc2OC)cc1. The van der Waals surface area contributed by atoms with Gasteiger partial charge in [0.05, 0.1) is 27.0 Å². The van der Waals surface area contributed by atoms with Gasteiger partial charge in [0.25, 0.3) is 0 Å². The number of hydrogen-bond acceptors (Lipinski definition) is 5. The van der Waals surface area contributed by atoms with Crippen molar-refractivity contribution in [3.05, 3.63) is 48.0 Å². The van der Waals surface area contributed by atoms with Crippen molar-refractivity contribution in [2.75, 3.05) is 26.1 Å². The lowest BCUT2D eigenvalue weighted by atomic mass is 10.2. The predicted octanol–water partition coefficient (Wildman–Crippen LogP) is 4.04. The maximum atomic E-state index is 12.0. The number of ether oxygens (including phenoxy) is 3. The zero-order valence-electron chi connectivity index (χ0n) is 15.8. The maximum absolute atomic E-state index is 12.0. The second-order valence-corrected chi connectivity index (χ2v) is 5.66. The molecule has 0 spiro atoms. The molecule has 0 aliphatic carbocycles. The van der Waals surface area contributed by atoms with Crippen LogP contribution in [-0.2, 0) is 0 Å². The number of benzene rings is 2. The smallest absolute Gasteiger partial charge is 0.339 e. The molecule has 0 aromatic heterocycles. The number of carbonyl (C=O) groups is 1. The Kier molecular flexibility index (Phi) is 7.96. The van der Waals surface area contributed by atoms with Gasteiger partial charge in [-0.1, -0.05) is 13.3 Å². The van der Waals surface area contributed by atoms with E-state index < -0.39 is 6.03 Å². The average molecular weight is 371 g/mol. The van der Waals surface area contributed by atoms with E-state index in [4.69, 9.17) is 14.2 Å². The zero-order chi connectivity index (χ0) is 19.5. The highest BCUT2D eigenvalue weighted by Crippen LogP contribution is 2.22. The summed E-state index contributed by atoms with van der Waals surface area (Å²) >= 11 is 0. The molecule has 0 atom stereocenters. The Bertz CT molecular complexity index is 760. The second kappa shape index (κ2) is 10.7. The topological polar surface area (TPSA) is 81.2 Å². The van der Waals surface area contributed by atoms with E-state index in [1.165, 1.54) is 6.21 Å². The molecule has 2 rings (SSSR count). The maximum Gasteiger partial charge on any atom is 0.339 e. The molecule has 0 radical (unpaired) electrons. The predicted molar refractivity (Wildman–Crippen MR) is 106 cm³/mol. The lowest BCUT2D eigenvalue weighted by Crippen LogP contribution is -2.24. The summed E-state index contributed by atoms with van der Waals surface area (Å²) in [7, 11) is 3.14. The van der Waals surface area contributed by atoms with Crippen molar-refractivity contribution >= 4 is 17.9 Å². The van der Waals surface area contributed by atoms with E-state index in [1.54, 1.807) is 44.6 Å². The first-order valence-electron chi connectivity index (χ1n) is 8.71. The number of carbonyl (C=O) groups excluding carboxylic acids is 1. The van der Waals surface area contributed by atoms with Gasteiger partial charge in [-0.3, -0.25) is 0 Å². The van der Waals surface area contributed by atoms with Gasteiger partial charge >= 0.3 is 6.03 Å². The molecule has 2 N–H and O–H groups in total. The van der Waals surface area contributed by atoms with Crippen LogP contribution in [0.5, 0.6) is 17.2 Å². The summed E-state index contributed by atoms with van der Waals surface area (Å²) in [5.41, 5.74) is 3.75. The number of urea groups is 1. The molecular weight excluding hydrogens is 346 g/mol. The van der Waals surface area contributed by atoms with Gasteiger partial charge in [-0.2, -0.15) is 5.10 Å². The van der Waals surface area contributed by atoms with E-state index in [1.807, 2.05) is 12.1 Å². The molecule has 0 fully saturated rings. The summed E-state index contributed by atoms with van der Waals surface area (Å²) in [4.78, 5) is 12.0. The molecule has 0 aliphatic rings. The minimum Gasteiger partial charge on any atom is -0.497 e. The molecule has 0 bridgehead atoms. The number of rotatable bonds is 9. The van der Waals surface area contributed by atoms with Crippen molar-refractivity contribution in [2.24, 2.45) is 5.10 Å². The Balaban J connectivity index is 1.88. The molecule has 7 heteroatoms. The molecular formula is C20H25N3O4. The first kappa shape index (κ1) is 20.1. The lowest BCUT2D eigenvalue weighted by molar-refractivity contribution is 0.252. The fourth-order valence-electron chi connectivity index (χ4n) is 2.23. The van der Waals surface area contributed by atoms with Crippen molar-refractivity contribution in [3.8, 4) is 17.2 Å². The van der Waals surface area contributed by atoms with Crippen LogP contribution in [0, 0.1) is 0 Å². The number of hydrazone groups is 1. The second-order valence-electron chi connectivity index (χ2n) is 5.66. The van der Waals surface area contributed by atoms with Gasteiger partial charge in [-0.25, -0.2) is 10.2 Å². The number of amides is 2. The Morgan fingerprint density at radius 3 is 2.48 bits per heavy atom. The minimum atomic E-state index is -0.451. The third-order valence-electron chi connectivity index (χ3n) is 3.69. The summed E-state index contributed by atoms with van der Waals surface area (Å²) in [6.45, 7) is 2.80. The summed E-state index contributed by atoms with van der Waals surface area (Å²) < 4.78 is 16.0. The molecule has 2 amide bonds. The van der Waals surface area contributed by atoms with Gasteiger partial charge in [-0.15, -0.1) is 0 Å². The zero-order valence-corrected chi connectivity index (χ0v) is 15.8. The molecule has 0 aliphatic heterocycles. The van der Waals surface area contributed by atoms with Crippen LogP contribution < -0.4 is 25.0 Å². The van der Waals surface area contributed by atoms with Crippen LogP contribution in [-0.4, -0.2) is 33.1 Å². The monoisotopic (exact) mass is 371 g/mol. The number of anilines is 1. The first-order valence-corrected chi connectivity index (χ1v) is 8.71. The van der Waals surface area contributed by atoms with Crippen molar-refractivity contribution in [2.45, 2.75) is 19.8 Å². The van der Waals surface area contributed by atoms with Crippen molar-refractivity contribution in [1.29, 1.82) is 0 Å². The highest BCUT2D eigenvalue weighted by atomic mass is 16.5. The van der Waals surface area contributed by atoms with Gasteiger partial charge in [0.2, 0.25) is 0 Å². The van der Waals surface area contributed by atoms with Gasteiger partial charge in [0.15, 0.2) is 0 Å². The number of methoxy groups -OCH3 is 2. The fraction of sp³-hybridized carbons (Fsp3) is 0.300. The molecule has 7 nitrogen and oxygen atoms in total. The van der Waals surface area contributed by atoms with Crippen LogP contribution in [0.4, 0.5) is 10.5 Å². The van der Waals surface area contributed by atoms with E-state index in [0.717, 1.165) is 18.6 Å². The molecule has 27 heavy (non-hydrogen) atoms. The number of nitrogens with zero attached hydrogens (tertiary/aromatic N) is 1. The summed E-state index contributed by atoms with van der Waals surface area (Å²) in [6.07, 6.45) is 3.59. The largest absolute Gasteiger partial charge is 0.497 e. The average Bonchev–Trinajstić information content (AvgIpc) is 2.69. The van der Waals surface area contributed by atoms with Crippen LogP contribution in [0.1, 0.15) is 25.3 Å². The van der Waals surface area contributed by atoms with Crippen molar-refractivity contribution < 1.29 is 19.0 Å². The third kappa shape index (κ3) is 6.54. The summed E-state index contributed by atoms with van der Waals surface area (Å²) in [5, 5.41) is 6.64. The fourth-order valence-corrected chi connectivity index (χ4v) is 2.23. The number of hydrogen-bond donors (Lipinski definition) is 2. The molecule has 2 aromatic carbocycles. The third-order valence-corrected chi connectivity index (χ3v) is 3.69. The lowest BCUT2D eigenvalue weighted by Gasteiger charge is -2.08. The van der Waals surface area contributed by atoms with E-state index >= 15 is 0 Å². The molecule has 2 aromatic rings. The Morgan fingerprint density at radius 1 is 1.07 bits per heavy atom. The minimum absolute atomic E-state index is 0.451. The number of unbranched alkanes of at least 4 members (excludes halogenated alkanes) is 1. The normalized spacial score (nSPS) is 10.5. The highest BCUT2D eigenvalue weighted by Gasteiger charge is 2.04. The first-order chi connectivity index (χ1) is 13.2. The summed E-state index contributed by atoms with van der Waals surface area (Å²) in [6, 6.07) is 12.0. The van der Waals surface area contributed by atoms with Crippen LogP contribution in [0.25, 0.3) is 0 Å². The quantitative estimate of drug-likeness (QED) is 0.396. The van der Waals surface area contributed by atoms with Crippen molar-refractivity contribution in [1.82, 2.24) is 5.43 Å². The highest BCUT2D eigenvalue weighted by molar-refractivity contribution is 5.91. The van der Waals surface area contributed by atoms with Gasteiger partial charge in [0, 0.05) is 11.3 Å². The van der Waals surface area contributed by atoms with E-state index in [9.17, 15) is 4.79 Å². The standard InChI is InChI=1S/C20H25N3O4/c1-4-5-12-27-17-8-6-16(7-9-17)22-20(24)23-21-14-15-13-18(25-2)10-11-19(15)26-3/h6-11,13-14H,4-5,12H2,1-3H3,(H2,22,23,24). The molecule has 0 saturated heterocycles. The molecule has 0 saturated carbocycles. The molecule has 0 heterocycles. The summed E-state index contributed by atoms with van der Waals surface area (Å²) in [5.74, 6) is 2.07. The van der Waals surface area contributed by atoms with Crippen LogP contribution >= 0.6 is 0 Å². The van der Waals surface area contributed by atoms with Gasteiger partial charge in [0.1, 0.15) is 17.2 Å². The van der Waals surface area contributed by atoms with Crippen molar-refractivity contribution in [3.63, 3.8) is 0 Å². The van der Waals surface area contributed by atoms with Gasteiger partial charge < -0.3 is 19.5 Å². The van der Waals surface area contributed by atoms with Gasteiger partial charge in [-0.05, 0) is 48.9 Å². The Labute approximate surface area is 159 Å². The van der Waals surface area contributed by atoms with E-state index in [2.05, 4.69) is 22.8 Å².